The zero-order valence-corrected chi connectivity index (χ0v) is 16.0. The van der Waals surface area contributed by atoms with Gasteiger partial charge in [0.2, 0.25) is 0 Å². The summed E-state index contributed by atoms with van der Waals surface area (Å²) in [6, 6.07) is 7.64. The van der Waals surface area contributed by atoms with Gasteiger partial charge in [-0.15, -0.1) is 0 Å². The van der Waals surface area contributed by atoms with Crippen molar-refractivity contribution in [2.75, 3.05) is 0 Å². The van der Waals surface area contributed by atoms with Gasteiger partial charge in [0, 0.05) is 26.2 Å². The van der Waals surface area contributed by atoms with Crippen molar-refractivity contribution in [3.8, 4) is 11.5 Å². The number of aryl methyl sites for hydroxylation is 3. The quantitative estimate of drug-likeness (QED) is 0.606. The van der Waals surface area contributed by atoms with E-state index in [1.165, 1.54) is 18.2 Å². The Morgan fingerprint density at radius 3 is 1.75 bits per heavy atom. The van der Waals surface area contributed by atoms with Crippen molar-refractivity contribution >= 4 is 11.9 Å². The van der Waals surface area contributed by atoms with E-state index in [0.29, 0.717) is 5.56 Å². The van der Waals surface area contributed by atoms with Gasteiger partial charge in [0.25, 0.3) is 0 Å². The first-order valence-electron chi connectivity index (χ1n) is 6.70. The van der Waals surface area contributed by atoms with Crippen LogP contribution in [0, 0.1) is 20.8 Å². The number of benzene rings is 2. The van der Waals surface area contributed by atoms with Crippen LogP contribution in [0.3, 0.4) is 0 Å². The molecule has 4 N–H and O–H groups in total. The Hall–Kier alpha value is -2.14. The summed E-state index contributed by atoms with van der Waals surface area (Å²) in [4.78, 5) is 21.0. The second kappa shape index (κ2) is 9.23. The Balaban J connectivity index is 0.000000425. The summed E-state index contributed by atoms with van der Waals surface area (Å²) >= 11 is 0. The third kappa shape index (κ3) is 5.81. The van der Waals surface area contributed by atoms with E-state index in [1.807, 2.05) is 0 Å². The van der Waals surface area contributed by atoms with Crippen molar-refractivity contribution in [1.29, 1.82) is 0 Å². The molecule has 0 aliphatic heterocycles. The van der Waals surface area contributed by atoms with Gasteiger partial charge in [0.1, 0.15) is 22.6 Å². The minimum absolute atomic E-state index is 0. The van der Waals surface area contributed by atoms with Crippen LogP contribution < -0.4 is 0 Å². The number of carboxylic acids is 2. The second-order valence-electron chi connectivity index (χ2n) is 5.11. The van der Waals surface area contributed by atoms with Gasteiger partial charge < -0.3 is 20.4 Å². The van der Waals surface area contributed by atoms with Crippen LogP contribution in [0.5, 0.6) is 11.5 Å². The molecule has 126 valence electrons. The van der Waals surface area contributed by atoms with E-state index in [0.717, 1.165) is 11.1 Å². The smallest absolute Gasteiger partial charge is 0.339 e. The van der Waals surface area contributed by atoms with E-state index in [2.05, 4.69) is 0 Å². The monoisotopic (exact) mass is 408 g/mol. The predicted octanol–water partition coefficient (Wildman–Crippen LogP) is 3.10. The van der Waals surface area contributed by atoms with Crippen molar-refractivity contribution < 1.29 is 56.2 Å². The second-order valence-corrected chi connectivity index (χ2v) is 5.11. The molecule has 24 heavy (non-hydrogen) atoms. The van der Waals surface area contributed by atoms with E-state index in [4.69, 9.17) is 15.3 Å². The molecule has 2 aromatic rings. The number of aromatic hydroxyl groups is 2. The normalized spacial score (nSPS) is 9.29. The summed E-state index contributed by atoms with van der Waals surface area (Å²) in [5, 5.41) is 35.5. The van der Waals surface area contributed by atoms with Gasteiger partial charge in [-0.2, -0.15) is 0 Å². The Kier molecular flexibility index (Phi) is 8.41. The van der Waals surface area contributed by atoms with Gasteiger partial charge >= 0.3 is 11.9 Å². The fourth-order valence-electron chi connectivity index (χ4n) is 1.94. The maximum atomic E-state index is 10.6. The van der Waals surface area contributed by atoms with E-state index in [-0.39, 0.29) is 48.8 Å². The zero-order chi connectivity index (χ0) is 17.7. The zero-order valence-electron chi connectivity index (χ0n) is 13.5. The van der Waals surface area contributed by atoms with Crippen LogP contribution in [-0.2, 0) is 26.2 Å². The summed E-state index contributed by atoms with van der Waals surface area (Å²) < 4.78 is 0. The molecule has 0 spiro atoms. The van der Waals surface area contributed by atoms with E-state index in [1.54, 1.807) is 32.9 Å². The molecular weight excluding hydrogens is 391 g/mol. The van der Waals surface area contributed by atoms with Crippen LogP contribution in [0.2, 0.25) is 0 Å². The maximum absolute atomic E-state index is 10.6. The molecule has 0 atom stereocenters. The molecule has 6 nitrogen and oxygen atoms in total. The van der Waals surface area contributed by atoms with Gasteiger partial charge in [-0.3, -0.25) is 0 Å². The largest absolute Gasteiger partial charge is 0.507 e. The molecule has 2 rings (SSSR count). The number of carboxylic acid groups (broad SMARTS) is 2. The predicted molar refractivity (Wildman–Crippen MR) is 84.3 cm³/mol. The van der Waals surface area contributed by atoms with E-state index in [9.17, 15) is 14.7 Å². The van der Waals surface area contributed by atoms with Crippen molar-refractivity contribution in [3.63, 3.8) is 0 Å². The first-order chi connectivity index (χ1) is 10.6. The summed E-state index contributed by atoms with van der Waals surface area (Å²) in [5.41, 5.74) is 2.16. The fraction of sp³-hybridized carbons (Fsp3) is 0.176. The summed E-state index contributed by atoms with van der Waals surface area (Å²) in [7, 11) is 0. The molecule has 0 aliphatic carbocycles. The molecule has 0 aromatic heterocycles. The number of carbonyl (C=O) groups is 2. The minimum atomic E-state index is -1.11. The average molecular weight is 410 g/mol. The topological polar surface area (TPSA) is 115 Å². The minimum Gasteiger partial charge on any atom is -0.507 e. The fourth-order valence-corrected chi connectivity index (χ4v) is 1.94. The van der Waals surface area contributed by atoms with Crippen LogP contribution in [0.15, 0.2) is 30.3 Å². The van der Waals surface area contributed by atoms with Gasteiger partial charge in [0.15, 0.2) is 0 Å². The standard InChI is InChI=1S/C9H10O3.C8H8O3.Zr/c1-5-3-6(2)8(10)7(4-5)9(11)12;1-5-2-3-7(9)6(4-5)8(10)11;/h3-4,10H,1-2H3,(H,11,12);2-4,9H,1H3,(H,10,11);. The van der Waals surface area contributed by atoms with Crippen LogP contribution in [0.1, 0.15) is 37.4 Å². The summed E-state index contributed by atoms with van der Waals surface area (Å²) in [5.74, 6) is -2.54. The number of phenols is 2. The van der Waals surface area contributed by atoms with Crippen LogP contribution in [0.4, 0.5) is 0 Å². The molecule has 0 amide bonds. The molecule has 7 heteroatoms. The van der Waals surface area contributed by atoms with Crippen LogP contribution in [-0.4, -0.2) is 32.4 Å². The van der Waals surface area contributed by atoms with Gasteiger partial charge in [-0.25, -0.2) is 9.59 Å². The third-order valence-electron chi connectivity index (χ3n) is 3.06. The van der Waals surface area contributed by atoms with E-state index >= 15 is 0 Å². The molecule has 0 saturated heterocycles. The van der Waals surface area contributed by atoms with Crippen molar-refractivity contribution in [3.05, 3.63) is 58.1 Å². The number of hydrogen-bond acceptors (Lipinski definition) is 4. The molecule has 0 bridgehead atoms. The first kappa shape index (κ1) is 21.9. The number of hydrogen-bond donors (Lipinski definition) is 4. The molecule has 0 unspecified atom stereocenters. The Morgan fingerprint density at radius 2 is 1.29 bits per heavy atom. The Bertz CT molecular complexity index is 755. The first-order valence-corrected chi connectivity index (χ1v) is 6.70. The number of rotatable bonds is 2. The summed E-state index contributed by atoms with van der Waals surface area (Å²) in [6.07, 6.45) is 0. The van der Waals surface area contributed by atoms with Crippen LogP contribution in [0.25, 0.3) is 0 Å². The molecule has 0 saturated carbocycles. The molecule has 0 radical (unpaired) electrons. The van der Waals surface area contributed by atoms with Gasteiger partial charge in [0.05, 0.1) is 0 Å². The number of aromatic carboxylic acids is 2. The molecule has 0 aliphatic rings. The van der Waals surface area contributed by atoms with Gasteiger partial charge in [-0.1, -0.05) is 17.7 Å². The molecule has 0 heterocycles. The van der Waals surface area contributed by atoms with Crippen molar-refractivity contribution in [1.82, 2.24) is 0 Å². The van der Waals surface area contributed by atoms with Gasteiger partial charge in [-0.05, 0) is 50.1 Å². The molecular formula is C17H18O6Zr. The molecule has 2 aromatic carbocycles. The SMILES string of the molecule is Cc1cc(C)c(O)c(C(=O)O)c1.Cc1ccc(O)c(C(=O)O)c1.[Zr]. The Morgan fingerprint density at radius 1 is 0.792 bits per heavy atom. The Labute approximate surface area is 158 Å². The van der Waals surface area contributed by atoms with Crippen molar-refractivity contribution in [2.45, 2.75) is 20.8 Å². The summed E-state index contributed by atoms with van der Waals surface area (Å²) in [6.45, 7) is 5.24. The van der Waals surface area contributed by atoms with E-state index < -0.39 is 11.9 Å². The molecule has 0 fully saturated rings. The van der Waals surface area contributed by atoms with Crippen molar-refractivity contribution in [2.24, 2.45) is 0 Å². The average Bonchev–Trinajstić information content (AvgIpc) is 2.45. The van der Waals surface area contributed by atoms with Crippen LogP contribution >= 0.6 is 0 Å². The maximum Gasteiger partial charge on any atom is 0.339 e. The third-order valence-corrected chi connectivity index (χ3v) is 3.06.